The Labute approximate surface area is 105 Å². The molecule has 1 aromatic heterocycles. The first kappa shape index (κ1) is 14.2. The maximum Gasteiger partial charge on any atom is 0.247 e. The Bertz CT molecular complexity index is 625. The molecule has 0 spiro atoms. The van der Waals surface area contributed by atoms with Crippen LogP contribution in [0.5, 0.6) is 0 Å². The molecule has 0 saturated heterocycles. The molecule has 0 atom stereocenters. The second kappa shape index (κ2) is 4.79. The van der Waals surface area contributed by atoms with Gasteiger partial charge in [-0.25, -0.2) is 21.8 Å². The van der Waals surface area contributed by atoms with Crippen molar-refractivity contribution in [3.63, 3.8) is 0 Å². The number of hydrogen-bond donors (Lipinski definition) is 1. The van der Waals surface area contributed by atoms with Gasteiger partial charge in [0.05, 0.1) is 11.4 Å². The number of nitrogens with zero attached hydrogens (tertiary/aromatic N) is 1. The molecule has 1 rings (SSSR count). The Hall–Kier alpha value is -0.860. The van der Waals surface area contributed by atoms with E-state index in [0.29, 0.717) is 5.69 Å². The molecule has 0 aliphatic heterocycles. The van der Waals surface area contributed by atoms with Gasteiger partial charge in [0.25, 0.3) is 0 Å². The number of aromatic nitrogens is 1. The van der Waals surface area contributed by atoms with Crippen LogP contribution >= 0.6 is 11.6 Å². The SMILES string of the molecule is Cc1nc(Cl)ccc1NS(=O)(=O)CS(C)(=O)=O. The van der Waals surface area contributed by atoms with Crippen molar-refractivity contribution in [1.29, 1.82) is 0 Å². The number of sulfonamides is 1. The van der Waals surface area contributed by atoms with Crippen molar-refractivity contribution in [2.24, 2.45) is 0 Å². The van der Waals surface area contributed by atoms with Crippen molar-refractivity contribution in [1.82, 2.24) is 4.98 Å². The first-order valence-electron chi connectivity index (χ1n) is 4.40. The zero-order chi connectivity index (χ0) is 13.3. The van der Waals surface area contributed by atoms with Gasteiger partial charge in [-0.05, 0) is 19.1 Å². The predicted octanol–water partition coefficient (Wildman–Crippen LogP) is 0.787. The highest BCUT2D eigenvalue weighted by molar-refractivity contribution is 8.08. The number of nitrogens with one attached hydrogen (secondary N) is 1. The van der Waals surface area contributed by atoms with E-state index in [9.17, 15) is 16.8 Å². The summed E-state index contributed by atoms with van der Waals surface area (Å²) < 4.78 is 47.0. The summed E-state index contributed by atoms with van der Waals surface area (Å²) in [6, 6.07) is 2.83. The van der Waals surface area contributed by atoms with E-state index in [0.717, 1.165) is 6.26 Å². The molecule has 0 bridgehead atoms. The lowest BCUT2D eigenvalue weighted by Gasteiger charge is -2.09. The van der Waals surface area contributed by atoms with Crippen molar-refractivity contribution < 1.29 is 16.8 Å². The van der Waals surface area contributed by atoms with Crippen LogP contribution in [0.3, 0.4) is 0 Å². The Morgan fingerprint density at radius 1 is 1.29 bits per heavy atom. The molecule has 1 heterocycles. The fraction of sp³-hybridized carbons (Fsp3) is 0.375. The van der Waals surface area contributed by atoms with Crippen LogP contribution in [0.2, 0.25) is 5.15 Å². The van der Waals surface area contributed by atoms with Crippen LogP contribution in [0.4, 0.5) is 5.69 Å². The standard InChI is InChI=1S/C8H11ClN2O4S2/c1-6-7(3-4-8(9)10-6)11-17(14,15)5-16(2,12)13/h3-4,11H,5H2,1-2H3. The zero-order valence-corrected chi connectivity index (χ0v) is 11.5. The van der Waals surface area contributed by atoms with Gasteiger partial charge in [0.15, 0.2) is 14.9 Å². The van der Waals surface area contributed by atoms with Gasteiger partial charge in [-0.1, -0.05) is 11.6 Å². The van der Waals surface area contributed by atoms with Crippen LogP contribution in [-0.4, -0.2) is 33.2 Å². The summed E-state index contributed by atoms with van der Waals surface area (Å²) in [6.45, 7) is 1.56. The lowest BCUT2D eigenvalue weighted by Crippen LogP contribution is -2.22. The smallest absolute Gasteiger partial charge is 0.247 e. The molecule has 0 amide bonds. The Balaban J connectivity index is 2.99. The molecule has 0 aliphatic rings. The zero-order valence-electron chi connectivity index (χ0n) is 9.14. The Kier molecular flexibility index (Phi) is 4.00. The van der Waals surface area contributed by atoms with Gasteiger partial charge in [-0.15, -0.1) is 0 Å². The Morgan fingerprint density at radius 2 is 1.88 bits per heavy atom. The highest BCUT2D eigenvalue weighted by Crippen LogP contribution is 2.17. The second-order valence-corrected chi connectivity index (χ2v) is 8.14. The number of rotatable bonds is 4. The highest BCUT2D eigenvalue weighted by atomic mass is 35.5. The lowest BCUT2D eigenvalue weighted by atomic mass is 10.3. The third-order valence-electron chi connectivity index (χ3n) is 1.69. The molecule has 0 aromatic carbocycles. The van der Waals surface area contributed by atoms with Crippen molar-refractivity contribution in [3.8, 4) is 0 Å². The minimum Gasteiger partial charge on any atom is -0.281 e. The van der Waals surface area contributed by atoms with Gasteiger partial charge in [0, 0.05) is 6.26 Å². The molecule has 0 unspecified atom stereocenters. The fourth-order valence-electron chi connectivity index (χ4n) is 1.12. The number of anilines is 1. The number of aryl methyl sites for hydroxylation is 1. The molecular weight excluding hydrogens is 288 g/mol. The highest BCUT2D eigenvalue weighted by Gasteiger charge is 2.19. The summed E-state index contributed by atoms with van der Waals surface area (Å²) in [4.78, 5) is 3.84. The van der Waals surface area contributed by atoms with E-state index in [-0.39, 0.29) is 10.8 Å². The van der Waals surface area contributed by atoms with Gasteiger partial charge >= 0.3 is 0 Å². The van der Waals surface area contributed by atoms with Crippen LogP contribution in [0.25, 0.3) is 0 Å². The van der Waals surface area contributed by atoms with E-state index in [4.69, 9.17) is 11.6 Å². The van der Waals surface area contributed by atoms with Crippen LogP contribution in [-0.2, 0) is 19.9 Å². The van der Waals surface area contributed by atoms with Crippen LogP contribution in [0.1, 0.15) is 5.69 Å². The average molecular weight is 299 g/mol. The van der Waals surface area contributed by atoms with E-state index in [1.54, 1.807) is 6.92 Å². The van der Waals surface area contributed by atoms with E-state index in [2.05, 4.69) is 9.71 Å². The quantitative estimate of drug-likeness (QED) is 0.829. The molecular formula is C8H11ClN2O4S2. The minimum absolute atomic E-state index is 0.207. The minimum atomic E-state index is -3.95. The molecule has 0 radical (unpaired) electrons. The first-order chi connectivity index (χ1) is 7.59. The summed E-state index contributed by atoms with van der Waals surface area (Å²) in [5, 5.41) is -0.740. The van der Waals surface area contributed by atoms with E-state index in [1.807, 2.05) is 0 Å². The lowest BCUT2D eigenvalue weighted by molar-refractivity contribution is 0.595. The number of sulfone groups is 1. The van der Waals surface area contributed by atoms with Crippen LogP contribution in [0, 0.1) is 6.92 Å². The monoisotopic (exact) mass is 298 g/mol. The molecule has 9 heteroatoms. The number of pyridine rings is 1. The topological polar surface area (TPSA) is 93.2 Å². The van der Waals surface area contributed by atoms with Gasteiger partial charge in [0.1, 0.15) is 5.15 Å². The largest absolute Gasteiger partial charge is 0.281 e. The molecule has 96 valence electrons. The molecule has 17 heavy (non-hydrogen) atoms. The Morgan fingerprint density at radius 3 is 2.35 bits per heavy atom. The van der Waals surface area contributed by atoms with Gasteiger partial charge in [-0.2, -0.15) is 0 Å². The van der Waals surface area contributed by atoms with Crippen molar-refractivity contribution in [2.45, 2.75) is 6.92 Å². The predicted molar refractivity (Wildman–Crippen MR) is 66.2 cm³/mol. The number of halogens is 1. The average Bonchev–Trinajstić information content (AvgIpc) is 2.05. The van der Waals surface area contributed by atoms with Crippen LogP contribution < -0.4 is 4.72 Å². The molecule has 0 aliphatic carbocycles. The maximum absolute atomic E-state index is 11.5. The maximum atomic E-state index is 11.5. The van der Waals surface area contributed by atoms with Gasteiger partial charge in [0.2, 0.25) is 10.0 Å². The summed E-state index contributed by atoms with van der Waals surface area (Å²) in [6.07, 6.45) is 0.846. The molecule has 0 saturated carbocycles. The normalized spacial score (nSPS) is 12.4. The summed E-state index contributed by atoms with van der Waals surface area (Å²) in [5.41, 5.74) is 0.577. The molecule has 0 fully saturated rings. The molecule has 1 aromatic rings. The van der Waals surface area contributed by atoms with Gasteiger partial charge in [-0.3, -0.25) is 4.72 Å². The summed E-state index contributed by atoms with van der Waals surface area (Å²) >= 11 is 5.61. The third-order valence-corrected chi connectivity index (χ3v) is 5.38. The van der Waals surface area contributed by atoms with Crippen molar-refractivity contribution >= 4 is 37.1 Å². The van der Waals surface area contributed by atoms with Gasteiger partial charge < -0.3 is 0 Å². The number of hydrogen-bond acceptors (Lipinski definition) is 5. The second-order valence-electron chi connectivity index (χ2n) is 3.53. The van der Waals surface area contributed by atoms with Crippen LogP contribution in [0.15, 0.2) is 12.1 Å². The van der Waals surface area contributed by atoms with E-state index in [1.165, 1.54) is 12.1 Å². The van der Waals surface area contributed by atoms with E-state index < -0.39 is 24.9 Å². The van der Waals surface area contributed by atoms with Crippen molar-refractivity contribution in [2.75, 3.05) is 16.1 Å². The summed E-state index contributed by atoms with van der Waals surface area (Å²) in [7, 11) is -7.57. The first-order valence-corrected chi connectivity index (χ1v) is 8.49. The van der Waals surface area contributed by atoms with E-state index >= 15 is 0 Å². The fourth-order valence-corrected chi connectivity index (χ4v) is 4.35. The summed E-state index contributed by atoms with van der Waals surface area (Å²) in [5.74, 6) is 0. The van der Waals surface area contributed by atoms with Crippen molar-refractivity contribution in [3.05, 3.63) is 23.0 Å². The molecule has 1 N–H and O–H groups in total. The molecule has 6 nitrogen and oxygen atoms in total. The third kappa shape index (κ3) is 4.88.